The Morgan fingerprint density at radius 2 is 1.59 bits per heavy atom. The van der Waals surface area contributed by atoms with Crippen LogP contribution >= 0.6 is 23.2 Å². The van der Waals surface area contributed by atoms with Gasteiger partial charge in [0.1, 0.15) is 6.54 Å². The van der Waals surface area contributed by atoms with Crippen LogP contribution in [-0.4, -0.2) is 27.4 Å². The van der Waals surface area contributed by atoms with Crippen LogP contribution in [0.5, 0.6) is 0 Å². The van der Waals surface area contributed by atoms with E-state index in [1.807, 2.05) is 26.0 Å². The summed E-state index contributed by atoms with van der Waals surface area (Å²) in [6.07, 6.45) is 0.601. The van der Waals surface area contributed by atoms with Crippen LogP contribution < -0.4 is 9.62 Å². The molecule has 3 rings (SSSR count). The summed E-state index contributed by atoms with van der Waals surface area (Å²) in [5, 5.41) is 3.86. The van der Waals surface area contributed by atoms with Crippen LogP contribution in [0.4, 0.5) is 5.69 Å². The number of benzene rings is 3. The number of nitrogens with zero attached hydrogens (tertiary/aromatic N) is 1. The van der Waals surface area contributed by atoms with Gasteiger partial charge in [-0.25, -0.2) is 8.42 Å². The van der Waals surface area contributed by atoms with E-state index in [-0.39, 0.29) is 11.4 Å². The highest BCUT2D eigenvalue weighted by Gasteiger charge is 2.27. The van der Waals surface area contributed by atoms with Crippen LogP contribution in [0.3, 0.4) is 0 Å². The van der Waals surface area contributed by atoms with Crippen molar-refractivity contribution in [1.82, 2.24) is 5.32 Å². The number of amides is 1. The van der Waals surface area contributed by atoms with Crippen molar-refractivity contribution in [3.63, 3.8) is 0 Å². The van der Waals surface area contributed by atoms with Gasteiger partial charge in [0.2, 0.25) is 5.91 Å². The second-order valence-corrected chi connectivity index (χ2v) is 10.2. The Balaban J connectivity index is 1.80. The number of aryl methyl sites for hydroxylation is 2. The number of carbonyl (C=O) groups is 1. The Morgan fingerprint density at radius 1 is 0.938 bits per heavy atom. The van der Waals surface area contributed by atoms with E-state index in [2.05, 4.69) is 5.32 Å². The van der Waals surface area contributed by atoms with Crippen LogP contribution in [0, 0.1) is 13.8 Å². The van der Waals surface area contributed by atoms with Gasteiger partial charge in [0.25, 0.3) is 10.0 Å². The molecule has 3 aromatic carbocycles. The van der Waals surface area contributed by atoms with Gasteiger partial charge in [-0.05, 0) is 67.8 Å². The van der Waals surface area contributed by atoms with Crippen LogP contribution in [-0.2, 0) is 21.2 Å². The molecule has 0 unspecified atom stereocenters. The number of rotatable bonds is 8. The van der Waals surface area contributed by atoms with Gasteiger partial charge in [0.05, 0.1) is 10.6 Å². The molecule has 0 aliphatic rings. The third-order valence-corrected chi connectivity index (χ3v) is 7.44. The number of nitrogens with one attached hydrogen (secondary N) is 1. The normalized spacial score (nSPS) is 11.2. The molecule has 0 atom stereocenters. The first-order chi connectivity index (χ1) is 15.2. The van der Waals surface area contributed by atoms with E-state index in [0.29, 0.717) is 28.7 Å². The van der Waals surface area contributed by atoms with E-state index in [1.165, 1.54) is 12.1 Å². The molecule has 0 heterocycles. The van der Waals surface area contributed by atoms with E-state index >= 15 is 0 Å². The summed E-state index contributed by atoms with van der Waals surface area (Å²) in [7, 11) is -3.98. The van der Waals surface area contributed by atoms with E-state index in [0.717, 1.165) is 21.0 Å². The summed E-state index contributed by atoms with van der Waals surface area (Å²) in [6.45, 7) is 3.71. The summed E-state index contributed by atoms with van der Waals surface area (Å²) in [6, 6.07) is 18.8. The molecule has 3 aromatic rings. The average molecular weight is 491 g/mol. The standard InChI is InChI=1S/C24H24Cl2N2O3S/c1-17-3-11-22(12-4-17)32(30,31)28(21-10-5-18(2)23(26)15-21)16-24(29)27-14-13-19-6-8-20(25)9-7-19/h3-12,15H,13-14,16H2,1-2H3,(H,27,29). The lowest BCUT2D eigenvalue weighted by atomic mass is 10.1. The Bertz CT molecular complexity index is 1190. The molecule has 0 fully saturated rings. The lowest BCUT2D eigenvalue weighted by Gasteiger charge is -2.24. The molecule has 8 heteroatoms. The molecular formula is C24H24Cl2N2O3S. The fraction of sp³-hybridized carbons (Fsp3) is 0.208. The van der Waals surface area contributed by atoms with E-state index in [4.69, 9.17) is 23.2 Å². The quantitative estimate of drug-likeness (QED) is 0.473. The molecule has 0 bridgehead atoms. The zero-order valence-corrected chi connectivity index (χ0v) is 20.1. The van der Waals surface area contributed by atoms with Gasteiger partial charge in [-0.1, -0.05) is 59.1 Å². The summed E-state index contributed by atoms with van der Waals surface area (Å²) in [4.78, 5) is 12.8. The van der Waals surface area contributed by atoms with Crippen molar-refractivity contribution in [3.05, 3.63) is 93.5 Å². The molecule has 0 aromatic heterocycles. The van der Waals surface area contributed by atoms with Crippen molar-refractivity contribution in [3.8, 4) is 0 Å². The molecule has 0 spiro atoms. The highest BCUT2D eigenvalue weighted by molar-refractivity contribution is 7.92. The van der Waals surface area contributed by atoms with Gasteiger partial charge >= 0.3 is 0 Å². The lowest BCUT2D eigenvalue weighted by Crippen LogP contribution is -2.41. The van der Waals surface area contributed by atoms with Gasteiger partial charge < -0.3 is 5.32 Å². The van der Waals surface area contributed by atoms with Crippen molar-refractivity contribution >= 4 is 44.8 Å². The van der Waals surface area contributed by atoms with Gasteiger partial charge in [-0.3, -0.25) is 9.10 Å². The van der Waals surface area contributed by atoms with E-state index in [9.17, 15) is 13.2 Å². The Morgan fingerprint density at radius 3 is 2.22 bits per heavy atom. The molecular weight excluding hydrogens is 467 g/mol. The topological polar surface area (TPSA) is 66.5 Å². The molecule has 1 amide bonds. The number of anilines is 1. The smallest absolute Gasteiger partial charge is 0.264 e. The van der Waals surface area contributed by atoms with Gasteiger partial charge in [-0.2, -0.15) is 0 Å². The predicted octanol–water partition coefficient (Wildman–Crippen LogP) is 5.16. The van der Waals surface area contributed by atoms with Crippen molar-refractivity contribution < 1.29 is 13.2 Å². The van der Waals surface area contributed by atoms with Crippen molar-refractivity contribution in [2.24, 2.45) is 0 Å². The van der Waals surface area contributed by atoms with Crippen LogP contribution in [0.15, 0.2) is 71.6 Å². The lowest BCUT2D eigenvalue weighted by molar-refractivity contribution is -0.119. The molecule has 0 radical (unpaired) electrons. The molecule has 5 nitrogen and oxygen atoms in total. The number of carbonyl (C=O) groups excluding carboxylic acids is 1. The molecule has 168 valence electrons. The molecule has 0 saturated heterocycles. The molecule has 32 heavy (non-hydrogen) atoms. The Kier molecular flexibility index (Phi) is 7.82. The SMILES string of the molecule is Cc1ccc(S(=O)(=O)N(CC(=O)NCCc2ccc(Cl)cc2)c2ccc(C)c(Cl)c2)cc1. The van der Waals surface area contributed by atoms with Crippen molar-refractivity contribution in [1.29, 1.82) is 0 Å². The summed E-state index contributed by atoms with van der Waals surface area (Å²) < 4.78 is 27.9. The molecule has 1 N–H and O–H groups in total. The first-order valence-electron chi connectivity index (χ1n) is 10.0. The summed E-state index contributed by atoms with van der Waals surface area (Å²) >= 11 is 12.1. The summed E-state index contributed by atoms with van der Waals surface area (Å²) in [5.74, 6) is -0.411. The zero-order chi connectivity index (χ0) is 23.3. The highest BCUT2D eigenvalue weighted by Crippen LogP contribution is 2.28. The maximum absolute atomic E-state index is 13.4. The number of hydrogen-bond donors (Lipinski definition) is 1. The zero-order valence-electron chi connectivity index (χ0n) is 17.8. The van der Waals surface area contributed by atoms with Crippen molar-refractivity contribution in [2.45, 2.75) is 25.2 Å². The molecule has 0 aliphatic carbocycles. The number of sulfonamides is 1. The monoisotopic (exact) mass is 490 g/mol. The van der Waals surface area contributed by atoms with Crippen LogP contribution in [0.2, 0.25) is 10.0 Å². The second-order valence-electron chi connectivity index (χ2n) is 7.48. The highest BCUT2D eigenvalue weighted by atomic mass is 35.5. The van der Waals surface area contributed by atoms with Crippen LogP contribution in [0.25, 0.3) is 0 Å². The minimum Gasteiger partial charge on any atom is -0.354 e. The largest absolute Gasteiger partial charge is 0.354 e. The molecule has 0 saturated carbocycles. The minimum atomic E-state index is -3.98. The minimum absolute atomic E-state index is 0.105. The Labute approximate surface area is 199 Å². The maximum Gasteiger partial charge on any atom is 0.264 e. The fourth-order valence-electron chi connectivity index (χ4n) is 3.07. The van der Waals surface area contributed by atoms with Gasteiger partial charge in [0, 0.05) is 16.6 Å². The van der Waals surface area contributed by atoms with E-state index in [1.54, 1.807) is 42.5 Å². The first kappa shape index (κ1) is 24.1. The average Bonchev–Trinajstić information content (AvgIpc) is 2.76. The van der Waals surface area contributed by atoms with Crippen molar-refractivity contribution in [2.75, 3.05) is 17.4 Å². The third kappa shape index (κ3) is 6.03. The Hall–Kier alpha value is -2.54. The maximum atomic E-state index is 13.4. The first-order valence-corrected chi connectivity index (χ1v) is 12.2. The predicted molar refractivity (Wildman–Crippen MR) is 130 cm³/mol. The number of hydrogen-bond acceptors (Lipinski definition) is 3. The fourth-order valence-corrected chi connectivity index (χ4v) is 4.79. The van der Waals surface area contributed by atoms with E-state index < -0.39 is 15.9 Å². The van der Waals surface area contributed by atoms with Gasteiger partial charge in [0.15, 0.2) is 0 Å². The van der Waals surface area contributed by atoms with Crippen LogP contribution in [0.1, 0.15) is 16.7 Å². The number of halogens is 2. The molecule has 0 aliphatic heterocycles. The third-order valence-electron chi connectivity index (χ3n) is 4.99. The second kappa shape index (κ2) is 10.4. The van der Waals surface area contributed by atoms with Gasteiger partial charge in [-0.15, -0.1) is 0 Å². The summed E-state index contributed by atoms with van der Waals surface area (Å²) in [5.41, 5.74) is 3.10.